The maximum Gasteiger partial charge on any atom is 0.408 e. The van der Waals surface area contributed by atoms with Gasteiger partial charge in [0.05, 0.1) is 18.5 Å². The molecule has 0 spiro atoms. The average Bonchev–Trinajstić information content (AvgIpc) is 3.69. The number of aliphatic imine (C=N–C) groups is 1. The third-order valence-electron chi connectivity index (χ3n) is 7.01. The van der Waals surface area contributed by atoms with E-state index in [1.165, 1.54) is 11.8 Å². The summed E-state index contributed by atoms with van der Waals surface area (Å²) in [5.74, 6) is 1.34. The molecular formula is C33H30N4O7S. The highest BCUT2D eigenvalue weighted by Crippen LogP contribution is 2.42. The van der Waals surface area contributed by atoms with E-state index in [9.17, 15) is 14.4 Å². The molecule has 230 valence electrons. The molecule has 0 bridgehead atoms. The van der Waals surface area contributed by atoms with E-state index in [0.717, 1.165) is 11.1 Å². The number of ether oxygens (including phenoxy) is 3. The van der Waals surface area contributed by atoms with Gasteiger partial charge in [-0.25, -0.2) is 9.79 Å². The number of nitrogens with zero attached hydrogens (tertiary/aromatic N) is 2. The average molecular weight is 627 g/mol. The van der Waals surface area contributed by atoms with Crippen molar-refractivity contribution in [1.29, 1.82) is 0 Å². The van der Waals surface area contributed by atoms with Crippen LogP contribution in [0.25, 0.3) is 0 Å². The number of furan rings is 1. The maximum atomic E-state index is 13.7. The summed E-state index contributed by atoms with van der Waals surface area (Å²) in [4.78, 5) is 45.0. The molecule has 2 aliphatic heterocycles. The van der Waals surface area contributed by atoms with Crippen LogP contribution in [0.5, 0.6) is 11.5 Å². The number of amides is 3. The van der Waals surface area contributed by atoms with Crippen molar-refractivity contribution in [2.75, 3.05) is 18.5 Å². The highest BCUT2D eigenvalue weighted by molar-refractivity contribution is 8.15. The Labute approximate surface area is 263 Å². The molecule has 3 amide bonds. The van der Waals surface area contributed by atoms with E-state index in [2.05, 4.69) is 10.6 Å². The van der Waals surface area contributed by atoms with Crippen molar-refractivity contribution in [3.8, 4) is 11.5 Å². The zero-order chi connectivity index (χ0) is 31.2. The minimum absolute atomic E-state index is 0.0996. The summed E-state index contributed by atoms with van der Waals surface area (Å²) >= 11 is 1.33. The highest BCUT2D eigenvalue weighted by atomic mass is 32.2. The molecule has 3 aromatic carbocycles. The first-order valence-corrected chi connectivity index (χ1v) is 15.2. The number of hydrogen-bond acceptors (Lipinski definition) is 9. The van der Waals surface area contributed by atoms with E-state index in [1.54, 1.807) is 60.6 Å². The molecule has 2 N–H and O–H groups in total. The molecule has 1 unspecified atom stereocenters. The van der Waals surface area contributed by atoms with Gasteiger partial charge in [0.25, 0.3) is 0 Å². The van der Waals surface area contributed by atoms with Gasteiger partial charge in [-0.2, -0.15) is 0 Å². The van der Waals surface area contributed by atoms with E-state index >= 15 is 0 Å². The molecule has 6 rings (SSSR count). The molecule has 2 atom stereocenters. The summed E-state index contributed by atoms with van der Waals surface area (Å²) in [5.41, 5.74) is 2.73. The van der Waals surface area contributed by atoms with Crippen LogP contribution in [0, 0.1) is 0 Å². The number of thioether (sulfide) groups is 1. The van der Waals surface area contributed by atoms with Crippen LogP contribution in [0.1, 0.15) is 29.1 Å². The van der Waals surface area contributed by atoms with Crippen LogP contribution >= 0.6 is 11.8 Å². The largest absolute Gasteiger partial charge is 0.486 e. The van der Waals surface area contributed by atoms with Gasteiger partial charge in [0.15, 0.2) is 16.7 Å². The molecule has 0 saturated carbocycles. The summed E-state index contributed by atoms with van der Waals surface area (Å²) in [6, 6.07) is 24.4. The molecule has 1 aromatic heterocycles. The second kappa shape index (κ2) is 13.6. The zero-order valence-electron chi connectivity index (χ0n) is 24.3. The van der Waals surface area contributed by atoms with E-state index in [1.807, 2.05) is 42.5 Å². The zero-order valence-corrected chi connectivity index (χ0v) is 25.1. The predicted molar refractivity (Wildman–Crippen MR) is 168 cm³/mol. The fourth-order valence-electron chi connectivity index (χ4n) is 4.67. The van der Waals surface area contributed by atoms with Crippen molar-refractivity contribution in [1.82, 2.24) is 10.2 Å². The van der Waals surface area contributed by atoms with Crippen molar-refractivity contribution in [3.63, 3.8) is 0 Å². The van der Waals surface area contributed by atoms with E-state index in [-0.39, 0.29) is 19.1 Å². The Morgan fingerprint density at radius 2 is 1.78 bits per heavy atom. The van der Waals surface area contributed by atoms with Gasteiger partial charge >= 0.3 is 6.09 Å². The molecule has 4 aromatic rings. The summed E-state index contributed by atoms with van der Waals surface area (Å²) < 4.78 is 22.0. The predicted octanol–water partition coefficient (Wildman–Crippen LogP) is 5.81. The third-order valence-corrected chi connectivity index (χ3v) is 8.24. The Balaban J connectivity index is 1.11. The van der Waals surface area contributed by atoms with Gasteiger partial charge in [0, 0.05) is 11.8 Å². The second-order valence-corrected chi connectivity index (χ2v) is 11.3. The number of amidine groups is 1. The van der Waals surface area contributed by atoms with Crippen molar-refractivity contribution in [2.24, 2.45) is 4.99 Å². The van der Waals surface area contributed by atoms with Gasteiger partial charge in [0.2, 0.25) is 11.8 Å². The monoisotopic (exact) mass is 626 g/mol. The molecule has 1 fully saturated rings. The number of carbonyl (C=O) groups excluding carboxylic acids is 3. The van der Waals surface area contributed by atoms with Crippen LogP contribution in [0.4, 0.5) is 16.2 Å². The topological polar surface area (TPSA) is 132 Å². The quantitative estimate of drug-likeness (QED) is 0.238. The van der Waals surface area contributed by atoms with Crippen molar-refractivity contribution >= 4 is 46.2 Å². The van der Waals surface area contributed by atoms with Gasteiger partial charge < -0.3 is 29.3 Å². The lowest BCUT2D eigenvalue weighted by molar-refractivity contribution is -0.126. The first-order valence-electron chi connectivity index (χ1n) is 14.3. The van der Waals surface area contributed by atoms with Gasteiger partial charge in [-0.3, -0.25) is 14.5 Å². The van der Waals surface area contributed by atoms with Crippen LogP contribution in [0.2, 0.25) is 0 Å². The lowest BCUT2D eigenvalue weighted by atomic mass is 10.1. The molecule has 45 heavy (non-hydrogen) atoms. The van der Waals surface area contributed by atoms with Gasteiger partial charge in [-0.1, -0.05) is 54.2 Å². The van der Waals surface area contributed by atoms with E-state index in [4.69, 9.17) is 23.6 Å². The molecule has 1 saturated heterocycles. The van der Waals surface area contributed by atoms with Crippen LogP contribution in [0.15, 0.2) is 101 Å². The van der Waals surface area contributed by atoms with Gasteiger partial charge in [-0.15, -0.1) is 0 Å². The third kappa shape index (κ3) is 7.29. The van der Waals surface area contributed by atoms with E-state index in [0.29, 0.717) is 47.0 Å². The Hall–Kier alpha value is -5.23. The Morgan fingerprint density at radius 1 is 1.00 bits per heavy atom. The molecule has 11 nitrogen and oxygen atoms in total. The molecule has 0 aliphatic carbocycles. The normalized spacial score (nSPS) is 17.2. The molecule has 3 heterocycles. The number of fused-ring (bicyclic) bond motifs is 1. The van der Waals surface area contributed by atoms with Crippen molar-refractivity contribution in [3.05, 3.63) is 108 Å². The van der Waals surface area contributed by atoms with Crippen molar-refractivity contribution in [2.45, 2.75) is 31.4 Å². The maximum absolute atomic E-state index is 13.7. The lowest BCUT2D eigenvalue weighted by Crippen LogP contribution is -2.41. The first kappa shape index (κ1) is 29.8. The summed E-state index contributed by atoms with van der Waals surface area (Å²) in [5, 5.41) is 5.29. The number of carbonyl (C=O) groups is 3. The Bertz CT molecular complexity index is 1690. The number of rotatable bonds is 9. The molecule has 0 radical (unpaired) electrons. The van der Waals surface area contributed by atoms with Crippen LogP contribution < -0.4 is 20.1 Å². The summed E-state index contributed by atoms with van der Waals surface area (Å²) in [7, 11) is 0. The van der Waals surface area contributed by atoms with Crippen LogP contribution in [0.3, 0.4) is 0 Å². The van der Waals surface area contributed by atoms with Crippen molar-refractivity contribution < 1.29 is 33.0 Å². The summed E-state index contributed by atoms with van der Waals surface area (Å²) in [6.07, 6.45) is 0.872. The fourth-order valence-corrected chi connectivity index (χ4v) is 5.84. The van der Waals surface area contributed by atoms with Crippen LogP contribution in [-0.2, 0) is 27.5 Å². The molecule has 2 aliphatic rings. The Morgan fingerprint density at radius 3 is 2.53 bits per heavy atom. The second-order valence-electron chi connectivity index (χ2n) is 10.3. The number of anilines is 1. The van der Waals surface area contributed by atoms with E-state index < -0.39 is 23.3 Å². The Kier molecular flexibility index (Phi) is 9.01. The number of alkyl carbamates (subject to hydrolysis) is 1. The minimum Gasteiger partial charge on any atom is -0.486 e. The first-order chi connectivity index (χ1) is 21.9. The van der Waals surface area contributed by atoms with Crippen LogP contribution in [-0.4, -0.2) is 47.2 Å². The smallest absolute Gasteiger partial charge is 0.408 e. The number of hydrogen-bond donors (Lipinski definition) is 2. The van der Waals surface area contributed by atoms with Gasteiger partial charge in [-0.05, 0) is 54.4 Å². The minimum atomic E-state index is -0.839. The number of nitrogens with one attached hydrogen (secondary N) is 2. The summed E-state index contributed by atoms with van der Waals surface area (Å²) in [6.45, 7) is 2.84. The standard InChI is InChI=1S/C33H30N4O7S/c1-21(34-33(40)44-20-22-6-3-2-4-7-22)30(38)35-24-11-9-23(10-12-24)29-31(39)37(19-26-8-5-15-41-26)32(45-29)36-25-13-14-27-28(18-25)43-17-16-42-27/h2-15,18,21,29H,16-17,19-20H2,1H3,(H,34,40)(H,35,38)/t21-,29?/m0/s1. The highest BCUT2D eigenvalue weighted by Gasteiger charge is 2.39. The molecule has 12 heteroatoms. The lowest BCUT2D eigenvalue weighted by Gasteiger charge is -2.18. The number of benzene rings is 3. The van der Waals surface area contributed by atoms with Gasteiger partial charge in [0.1, 0.15) is 36.9 Å². The SMILES string of the molecule is C[C@H](NC(=O)OCc1ccccc1)C(=O)Nc1ccc(C2SC(=Nc3ccc4c(c3)OCCO4)N(Cc3ccco3)C2=O)cc1. The fraction of sp³-hybridized carbons (Fsp3) is 0.212. The molecular weight excluding hydrogens is 596 g/mol.